The molecule has 0 N–H and O–H groups in total. The molecule has 0 aliphatic rings. The zero-order valence-corrected chi connectivity index (χ0v) is 9.21. The van der Waals surface area contributed by atoms with Crippen LogP contribution < -0.4 is 0 Å². The third-order valence-corrected chi connectivity index (χ3v) is 2.28. The third kappa shape index (κ3) is 4.71. The van der Waals surface area contributed by atoms with E-state index < -0.39 is 0 Å². The van der Waals surface area contributed by atoms with E-state index in [0.717, 1.165) is 25.8 Å². The highest BCUT2D eigenvalue weighted by molar-refractivity contribution is 5.53. The van der Waals surface area contributed by atoms with Crippen molar-refractivity contribution in [2.75, 3.05) is 13.1 Å². The molecule has 76 valence electrons. The molecule has 0 aromatic rings. The van der Waals surface area contributed by atoms with Gasteiger partial charge in [0, 0.05) is 24.7 Å². The van der Waals surface area contributed by atoms with E-state index in [2.05, 4.69) is 31.7 Å². The summed E-state index contributed by atoms with van der Waals surface area (Å²) in [7, 11) is 0. The Morgan fingerprint density at radius 1 is 1.38 bits per heavy atom. The van der Waals surface area contributed by atoms with Crippen LogP contribution in [0.15, 0.2) is 11.8 Å². The maximum atomic E-state index is 10.4. The Morgan fingerprint density at radius 2 is 1.92 bits per heavy atom. The van der Waals surface area contributed by atoms with Crippen LogP contribution in [0.25, 0.3) is 0 Å². The summed E-state index contributed by atoms with van der Waals surface area (Å²) in [5.41, 5.74) is 1.28. The Labute approximate surface area is 81.6 Å². The first-order valence-electron chi connectivity index (χ1n) is 5.02. The zero-order valence-electron chi connectivity index (χ0n) is 9.21. The van der Waals surface area contributed by atoms with Gasteiger partial charge in [0.2, 0.25) is 0 Å². The molecule has 2 nitrogen and oxygen atoms in total. The molecule has 0 radical (unpaired) electrons. The van der Waals surface area contributed by atoms with E-state index in [9.17, 15) is 4.79 Å². The Balaban J connectivity index is 4.05. The zero-order chi connectivity index (χ0) is 10.3. The van der Waals surface area contributed by atoms with E-state index in [0.29, 0.717) is 0 Å². The van der Waals surface area contributed by atoms with Crippen molar-refractivity contribution in [2.24, 2.45) is 5.92 Å². The molecule has 2 heteroatoms. The van der Waals surface area contributed by atoms with Gasteiger partial charge in [0.15, 0.2) is 0 Å². The lowest BCUT2D eigenvalue weighted by molar-refractivity contribution is -0.110. The van der Waals surface area contributed by atoms with Gasteiger partial charge in [-0.25, -0.2) is 0 Å². The van der Waals surface area contributed by atoms with Crippen LogP contribution in [-0.4, -0.2) is 24.3 Å². The number of hydrogen-bond donors (Lipinski definition) is 0. The van der Waals surface area contributed by atoms with Crippen LogP contribution in [0.3, 0.4) is 0 Å². The molecule has 0 aliphatic heterocycles. The molecule has 0 amide bonds. The minimum absolute atomic E-state index is 0.144. The molecule has 0 heterocycles. The van der Waals surface area contributed by atoms with Crippen LogP contribution >= 0.6 is 0 Å². The van der Waals surface area contributed by atoms with Crippen LogP contribution in [0.2, 0.25) is 0 Å². The minimum atomic E-state index is 0.144. The minimum Gasteiger partial charge on any atom is -0.376 e. The van der Waals surface area contributed by atoms with Gasteiger partial charge in [-0.3, -0.25) is 0 Å². The molecule has 13 heavy (non-hydrogen) atoms. The number of carbonyl (C=O) groups is 1. The lowest BCUT2D eigenvalue weighted by Gasteiger charge is -2.21. The van der Waals surface area contributed by atoms with Crippen molar-refractivity contribution in [3.05, 3.63) is 11.8 Å². The lowest BCUT2D eigenvalue weighted by atomic mass is 10.1. The Kier molecular flexibility index (Phi) is 6.29. The summed E-state index contributed by atoms with van der Waals surface area (Å²) in [5, 5.41) is 0. The lowest BCUT2D eigenvalue weighted by Crippen LogP contribution is -2.20. The summed E-state index contributed by atoms with van der Waals surface area (Å²) in [6.07, 6.45) is 4.00. The molecule has 1 atom stereocenters. The Morgan fingerprint density at radius 3 is 2.31 bits per heavy atom. The van der Waals surface area contributed by atoms with Gasteiger partial charge in [0.25, 0.3) is 0 Å². The number of carbonyl (C=O) groups excluding carboxylic acids is 1. The first-order chi connectivity index (χ1) is 6.15. The van der Waals surface area contributed by atoms with E-state index in [1.165, 1.54) is 5.70 Å². The quantitative estimate of drug-likeness (QED) is 0.589. The summed E-state index contributed by atoms with van der Waals surface area (Å²) in [5.74, 6) is 0.144. The molecule has 0 aliphatic carbocycles. The predicted octanol–water partition coefficient (Wildman–Crippen LogP) is 2.46. The molecule has 0 fully saturated rings. The first kappa shape index (κ1) is 12.2. The molecular weight excluding hydrogens is 162 g/mol. The van der Waals surface area contributed by atoms with Gasteiger partial charge in [-0.1, -0.05) is 13.0 Å². The third-order valence-electron chi connectivity index (χ3n) is 2.28. The van der Waals surface area contributed by atoms with E-state index in [1.807, 2.05) is 6.92 Å². The van der Waals surface area contributed by atoms with E-state index in [1.54, 1.807) is 0 Å². The second-order valence-corrected chi connectivity index (χ2v) is 3.37. The Bertz CT molecular complexity index is 171. The fourth-order valence-corrected chi connectivity index (χ4v) is 1.26. The van der Waals surface area contributed by atoms with Gasteiger partial charge in [0.05, 0.1) is 0 Å². The average Bonchev–Trinajstić information content (AvgIpc) is 2.16. The maximum Gasteiger partial charge on any atom is 0.123 e. The predicted molar refractivity (Wildman–Crippen MR) is 56.5 cm³/mol. The highest BCUT2D eigenvalue weighted by Gasteiger charge is 2.00. The van der Waals surface area contributed by atoms with Crippen molar-refractivity contribution in [1.82, 2.24) is 4.90 Å². The molecule has 0 spiro atoms. The van der Waals surface area contributed by atoms with Gasteiger partial charge in [-0.05, 0) is 27.2 Å². The Hall–Kier alpha value is -0.790. The van der Waals surface area contributed by atoms with Crippen molar-refractivity contribution in [3.8, 4) is 0 Å². The molecule has 0 rings (SSSR count). The molecule has 0 bridgehead atoms. The molecule has 0 saturated heterocycles. The highest BCUT2D eigenvalue weighted by atomic mass is 16.1. The first-order valence-corrected chi connectivity index (χ1v) is 5.02. The summed E-state index contributed by atoms with van der Waals surface area (Å²) in [4.78, 5) is 12.7. The molecule has 0 aromatic heterocycles. The number of aldehydes is 1. The topological polar surface area (TPSA) is 20.3 Å². The van der Waals surface area contributed by atoms with Crippen molar-refractivity contribution in [1.29, 1.82) is 0 Å². The van der Waals surface area contributed by atoms with E-state index in [4.69, 9.17) is 0 Å². The fraction of sp³-hybridized carbons (Fsp3) is 0.727. The van der Waals surface area contributed by atoms with Gasteiger partial charge in [-0.2, -0.15) is 0 Å². The standard InChI is InChI=1S/C11H21NO/c1-5-12(6-2)11(4)8-7-10(3)9-13/h8-10H,5-7H2,1-4H3. The van der Waals surface area contributed by atoms with Gasteiger partial charge in [0.1, 0.15) is 6.29 Å². The summed E-state index contributed by atoms with van der Waals surface area (Å²) >= 11 is 0. The van der Waals surface area contributed by atoms with Crippen molar-refractivity contribution in [2.45, 2.75) is 34.1 Å². The number of allylic oxidation sites excluding steroid dienone is 2. The van der Waals surface area contributed by atoms with Crippen molar-refractivity contribution < 1.29 is 4.79 Å². The summed E-state index contributed by atoms with van der Waals surface area (Å²) < 4.78 is 0. The number of rotatable bonds is 6. The SMILES string of the molecule is CCN(CC)C(C)=CCC(C)C=O. The van der Waals surface area contributed by atoms with Crippen molar-refractivity contribution in [3.63, 3.8) is 0 Å². The molecular formula is C11H21NO. The van der Waals surface area contributed by atoms with Gasteiger partial charge >= 0.3 is 0 Å². The van der Waals surface area contributed by atoms with Crippen LogP contribution in [0.1, 0.15) is 34.1 Å². The fourth-order valence-electron chi connectivity index (χ4n) is 1.26. The smallest absolute Gasteiger partial charge is 0.123 e. The van der Waals surface area contributed by atoms with E-state index in [-0.39, 0.29) is 5.92 Å². The summed E-state index contributed by atoms with van der Waals surface area (Å²) in [6.45, 7) is 10.4. The van der Waals surface area contributed by atoms with Gasteiger partial charge in [-0.15, -0.1) is 0 Å². The van der Waals surface area contributed by atoms with Crippen LogP contribution in [0.5, 0.6) is 0 Å². The van der Waals surface area contributed by atoms with E-state index >= 15 is 0 Å². The largest absolute Gasteiger partial charge is 0.376 e. The number of hydrogen-bond acceptors (Lipinski definition) is 2. The second-order valence-electron chi connectivity index (χ2n) is 3.37. The molecule has 0 aromatic carbocycles. The maximum absolute atomic E-state index is 10.4. The van der Waals surface area contributed by atoms with Crippen LogP contribution in [0.4, 0.5) is 0 Å². The second kappa shape index (κ2) is 6.70. The normalized spacial score (nSPS) is 14.0. The van der Waals surface area contributed by atoms with Crippen molar-refractivity contribution >= 4 is 6.29 Å². The monoisotopic (exact) mass is 183 g/mol. The number of nitrogens with zero attached hydrogens (tertiary/aromatic N) is 1. The summed E-state index contributed by atoms with van der Waals surface area (Å²) in [6, 6.07) is 0. The van der Waals surface area contributed by atoms with Crippen LogP contribution in [-0.2, 0) is 4.79 Å². The average molecular weight is 183 g/mol. The molecule has 0 saturated carbocycles. The van der Waals surface area contributed by atoms with Crippen LogP contribution in [0, 0.1) is 5.92 Å². The van der Waals surface area contributed by atoms with Gasteiger partial charge < -0.3 is 9.69 Å². The highest BCUT2D eigenvalue weighted by Crippen LogP contribution is 2.07. The molecule has 1 unspecified atom stereocenters.